The third-order valence-electron chi connectivity index (χ3n) is 5.56. The molecule has 154 valence electrons. The summed E-state index contributed by atoms with van der Waals surface area (Å²) in [6, 6.07) is 15.1. The summed E-state index contributed by atoms with van der Waals surface area (Å²) in [4.78, 5) is 9.75. The highest BCUT2D eigenvalue weighted by Gasteiger charge is 2.24. The number of nitrogens with zero attached hydrogens (tertiary/aromatic N) is 3. The van der Waals surface area contributed by atoms with E-state index >= 15 is 0 Å². The molecular formula is C23H28FN3OS. The number of hydrogen-bond acceptors (Lipinski definition) is 5. The van der Waals surface area contributed by atoms with Gasteiger partial charge in [-0.1, -0.05) is 23.5 Å². The van der Waals surface area contributed by atoms with Crippen LogP contribution >= 0.6 is 11.3 Å². The number of aromatic nitrogens is 1. The SMILES string of the molecule is CN(c1nc2ccccc2s1)C1CCCN(CCCCOc2ccc(F)cc2)C1. The number of hydrogen-bond donors (Lipinski definition) is 0. The van der Waals surface area contributed by atoms with Crippen LogP contribution in [0, 0.1) is 5.82 Å². The van der Waals surface area contributed by atoms with Crippen LogP contribution in [-0.2, 0) is 0 Å². The van der Waals surface area contributed by atoms with E-state index < -0.39 is 0 Å². The molecule has 4 rings (SSSR count). The minimum Gasteiger partial charge on any atom is -0.494 e. The number of halogens is 1. The number of fused-ring (bicyclic) bond motifs is 1. The highest BCUT2D eigenvalue weighted by Crippen LogP contribution is 2.30. The topological polar surface area (TPSA) is 28.6 Å². The maximum Gasteiger partial charge on any atom is 0.186 e. The molecule has 0 bridgehead atoms. The average Bonchev–Trinajstić information content (AvgIpc) is 3.19. The van der Waals surface area contributed by atoms with Gasteiger partial charge in [0.2, 0.25) is 0 Å². The molecule has 0 saturated carbocycles. The van der Waals surface area contributed by atoms with Gasteiger partial charge in [0.05, 0.1) is 16.8 Å². The van der Waals surface area contributed by atoms with Crippen molar-refractivity contribution in [2.24, 2.45) is 0 Å². The number of likely N-dealkylation sites (tertiary alicyclic amines) is 1. The van der Waals surface area contributed by atoms with Crippen LogP contribution in [-0.4, -0.2) is 49.2 Å². The number of rotatable bonds is 8. The predicted molar refractivity (Wildman–Crippen MR) is 119 cm³/mol. The maximum absolute atomic E-state index is 12.9. The van der Waals surface area contributed by atoms with Crippen LogP contribution in [0.3, 0.4) is 0 Å². The molecule has 0 radical (unpaired) electrons. The van der Waals surface area contributed by atoms with Crippen LogP contribution in [0.5, 0.6) is 5.75 Å². The van der Waals surface area contributed by atoms with E-state index in [1.807, 2.05) is 6.07 Å². The summed E-state index contributed by atoms with van der Waals surface area (Å²) in [6.45, 7) is 4.03. The summed E-state index contributed by atoms with van der Waals surface area (Å²) in [7, 11) is 2.18. The van der Waals surface area contributed by atoms with Gasteiger partial charge >= 0.3 is 0 Å². The number of benzene rings is 2. The van der Waals surface area contributed by atoms with Crippen LogP contribution in [0.25, 0.3) is 10.2 Å². The second-order valence-electron chi connectivity index (χ2n) is 7.68. The summed E-state index contributed by atoms with van der Waals surface area (Å²) in [5.41, 5.74) is 1.09. The van der Waals surface area contributed by atoms with Crippen molar-refractivity contribution < 1.29 is 9.13 Å². The smallest absolute Gasteiger partial charge is 0.186 e. The van der Waals surface area contributed by atoms with Crippen molar-refractivity contribution in [3.8, 4) is 5.75 Å². The van der Waals surface area contributed by atoms with Gasteiger partial charge in [0, 0.05) is 19.6 Å². The highest BCUT2D eigenvalue weighted by molar-refractivity contribution is 7.22. The number of piperidine rings is 1. The van der Waals surface area contributed by atoms with Crippen LogP contribution in [0.4, 0.5) is 9.52 Å². The Labute approximate surface area is 175 Å². The van der Waals surface area contributed by atoms with Gasteiger partial charge in [0.15, 0.2) is 5.13 Å². The summed E-state index contributed by atoms with van der Waals surface area (Å²) < 4.78 is 19.9. The van der Waals surface area contributed by atoms with Gasteiger partial charge in [0.1, 0.15) is 11.6 Å². The lowest BCUT2D eigenvalue weighted by Crippen LogP contribution is -2.46. The highest BCUT2D eigenvalue weighted by atomic mass is 32.1. The second-order valence-corrected chi connectivity index (χ2v) is 8.69. The molecule has 2 aromatic carbocycles. The molecule has 29 heavy (non-hydrogen) atoms. The second kappa shape index (κ2) is 9.55. The first-order valence-electron chi connectivity index (χ1n) is 10.4. The van der Waals surface area contributed by atoms with Crippen molar-refractivity contribution in [3.63, 3.8) is 0 Å². The van der Waals surface area contributed by atoms with Crippen molar-refractivity contribution in [3.05, 3.63) is 54.3 Å². The molecule has 0 amide bonds. The normalized spacial score (nSPS) is 17.5. The number of likely N-dealkylation sites (N-methyl/N-ethyl adjacent to an activating group) is 1. The monoisotopic (exact) mass is 413 g/mol. The largest absolute Gasteiger partial charge is 0.494 e. The summed E-state index contributed by atoms with van der Waals surface area (Å²) >= 11 is 1.78. The van der Waals surface area contributed by atoms with Gasteiger partial charge in [-0.2, -0.15) is 0 Å². The number of ether oxygens (including phenoxy) is 1. The van der Waals surface area contributed by atoms with E-state index in [1.165, 1.54) is 36.2 Å². The van der Waals surface area contributed by atoms with Gasteiger partial charge in [-0.25, -0.2) is 9.37 Å². The number of anilines is 1. The van der Waals surface area contributed by atoms with Gasteiger partial charge < -0.3 is 14.5 Å². The first-order chi connectivity index (χ1) is 14.2. The van der Waals surface area contributed by atoms with Gasteiger partial charge in [-0.15, -0.1) is 0 Å². The zero-order valence-electron chi connectivity index (χ0n) is 16.9. The van der Waals surface area contributed by atoms with Crippen molar-refractivity contribution in [1.29, 1.82) is 0 Å². The van der Waals surface area contributed by atoms with Crippen LogP contribution in [0.2, 0.25) is 0 Å². The Balaban J connectivity index is 1.22. The standard InChI is InChI=1S/C23H28FN3OS/c1-26(23-25-21-8-2-3-9-22(21)29-23)19-7-6-15-27(17-19)14-4-5-16-28-20-12-10-18(24)11-13-20/h2-3,8-13,19H,4-7,14-17H2,1H3. The van der Waals surface area contributed by atoms with Crippen LogP contribution in [0.15, 0.2) is 48.5 Å². The van der Waals surface area contributed by atoms with E-state index in [4.69, 9.17) is 9.72 Å². The fourth-order valence-corrected chi connectivity index (χ4v) is 4.87. The quantitative estimate of drug-likeness (QED) is 0.475. The van der Waals surface area contributed by atoms with Gasteiger partial charge in [-0.05, 0) is 75.2 Å². The first-order valence-corrected chi connectivity index (χ1v) is 11.2. The number of thiazole rings is 1. The molecule has 6 heteroatoms. The third-order valence-corrected chi connectivity index (χ3v) is 6.69. The minimum absolute atomic E-state index is 0.229. The molecule has 1 unspecified atom stereocenters. The van der Waals surface area contributed by atoms with Gasteiger partial charge in [-0.3, -0.25) is 0 Å². The zero-order valence-corrected chi connectivity index (χ0v) is 17.7. The third kappa shape index (κ3) is 5.25. The van der Waals surface area contributed by atoms with Crippen molar-refractivity contribution in [2.45, 2.75) is 31.7 Å². The fraction of sp³-hybridized carbons (Fsp3) is 0.435. The molecule has 2 heterocycles. The molecule has 3 aromatic rings. The van der Waals surface area contributed by atoms with Crippen molar-refractivity contribution in [2.75, 3.05) is 38.2 Å². The molecule has 1 atom stereocenters. The Morgan fingerprint density at radius 2 is 2.00 bits per heavy atom. The zero-order chi connectivity index (χ0) is 20.1. The molecule has 1 fully saturated rings. The molecule has 1 aliphatic rings. The summed E-state index contributed by atoms with van der Waals surface area (Å²) in [6.07, 6.45) is 4.56. The Morgan fingerprint density at radius 1 is 1.17 bits per heavy atom. The molecule has 0 aliphatic carbocycles. The summed E-state index contributed by atoms with van der Waals surface area (Å²) in [5, 5.41) is 1.12. The first kappa shape index (κ1) is 20.1. The molecule has 1 saturated heterocycles. The molecule has 0 spiro atoms. The number of unbranched alkanes of at least 4 members (excludes halogenated alkanes) is 1. The van der Waals surface area contributed by atoms with E-state index in [0.29, 0.717) is 12.6 Å². The minimum atomic E-state index is -0.229. The van der Waals surface area contributed by atoms with Crippen LogP contribution in [0.1, 0.15) is 25.7 Å². The molecular weight excluding hydrogens is 385 g/mol. The van der Waals surface area contributed by atoms with E-state index in [-0.39, 0.29) is 5.82 Å². The predicted octanol–water partition coefficient (Wildman–Crippen LogP) is 5.20. The van der Waals surface area contributed by atoms with E-state index in [0.717, 1.165) is 42.3 Å². The Bertz CT molecular complexity index is 881. The molecule has 1 aromatic heterocycles. The lowest BCUT2D eigenvalue weighted by Gasteiger charge is -2.37. The fourth-order valence-electron chi connectivity index (χ4n) is 3.88. The molecule has 4 nitrogen and oxygen atoms in total. The average molecular weight is 414 g/mol. The Hall–Kier alpha value is -2.18. The number of para-hydroxylation sites is 1. The van der Waals surface area contributed by atoms with E-state index in [1.54, 1.807) is 23.5 Å². The lowest BCUT2D eigenvalue weighted by atomic mass is 10.0. The maximum atomic E-state index is 12.9. The van der Waals surface area contributed by atoms with Crippen LogP contribution < -0.4 is 9.64 Å². The molecule has 1 aliphatic heterocycles. The van der Waals surface area contributed by atoms with E-state index in [9.17, 15) is 4.39 Å². The van der Waals surface area contributed by atoms with Gasteiger partial charge in [0.25, 0.3) is 0 Å². The Kier molecular flexibility index (Phi) is 6.62. The summed E-state index contributed by atoms with van der Waals surface area (Å²) in [5.74, 6) is 0.509. The molecule has 0 N–H and O–H groups in total. The van der Waals surface area contributed by atoms with Crippen molar-refractivity contribution >= 4 is 26.7 Å². The van der Waals surface area contributed by atoms with Crippen molar-refractivity contribution in [1.82, 2.24) is 9.88 Å². The lowest BCUT2D eigenvalue weighted by molar-refractivity contribution is 0.197. The van der Waals surface area contributed by atoms with E-state index in [2.05, 4.69) is 35.0 Å². The Morgan fingerprint density at radius 3 is 2.83 bits per heavy atom.